The second kappa shape index (κ2) is 9.12. The first-order valence-electron chi connectivity index (χ1n) is 12.7. The molecule has 2 heterocycles. The zero-order valence-electron chi connectivity index (χ0n) is 21.7. The minimum Gasteiger partial charge on any atom is -0.350 e. The molecule has 0 bridgehead atoms. The van der Waals surface area contributed by atoms with Crippen molar-refractivity contribution in [2.75, 3.05) is 28.8 Å². The first-order valence-corrected chi connectivity index (χ1v) is 12.7. The van der Waals surface area contributed by atoms with Crippen LogP contribution >= 0.6 is 0 Å². The smallest absolute Gasteiger partial charge is 0.155 e. The van der Waals surface area contributed by atoms with E-state index in [4.69, 9.17) is 4.98 Å². The van der Waals surface area contributed by atoms with Gasteiger partial charge in [-0.15, -0.1) is 0 Å². The number of hydrogen-bond donors (Lipinski definition) is 0. The highest BCUT2D eigenvalue weighted by Gasteiger charge is 2.41. The van der Waals surface area contributed by atoms with Crippen LogP contribution in [0, 0.1) is 5.82 Å². The van der Waals surface area contributed by atoms with E-state index < -0.39 is 5.54 Å². The number of pyridine rings is 1. The highest BCUT2D eigenvalue weighted by Crippen LogP contribution is 2.45. The van der Waals surface area contributed by atoms with E-state index in [-0.39, 0.29) is 11.9 Å². The van der Waals surface area contributed by atoms with E-state index in [9.17, 15) is 4.39 Å². The van der Waals surface area contributed by atoms with Gasteiger partial charge in [0.05, 0.1) is 17.3 Å². The summed E-state index contributed by atoms with van der Waals surface area (Å²) in [4.78, 5) is 12.1. The molecule has 2 aliphatic rings. The molecule has 36 heavy (non-hydrogen) atoms. The highest BCUT2D eigenvalue weighted by molar-refractivity contribution is 5.77. The van der Waals surface area contributed by atoms with Crippen LogP contribution in [0.5, 0.6) is 0 Å². The van der Waals surface area contributed by atoms with E-state index >= 15 is 0 Å². The third-order valence-electron chi connectivity index (χ3n) is 8.08. The largest absolute Gasteiger partial charge is 0.350 e. The molecule has 1 aliphatic heterocycles. The van der Waals surface area contributed by atoms with Crippen molar-refractivity contribution in [2.24, 2.45) is 0 Å². The summed E-state index contributed by atoms with van der Waals surface area (Å²) in [5.41, 5.74) is 5.02. The van der Waals surface area contributed by atoms with Gasteiger partial charge >= 0.3 is 0 Å². The number of nitrogens with zero attached hydrogens (tertiary/aromatic N) is 4. The Hall–Kier alpha value is -3.60. The molecule has 0 amide bonds. The maximum Gasteiger partial charge on any atom is 0.155 e. The average molecular weight is 483 g/mol. The molecule has 1 aliphatic carbocycles. The van der Waals surface area contributed by atoms with Crippen molar-refractivity contribution in [3.8, 4) is 0 Å². The third-order valence-corrected chi connectivity index (χ3v) is 8.08. The van der Waals surface area contributed by atoms with Gasteiger partial charge in [-0.25, -0.2) is 9.37 Å². The molecule has 0 spiro atoms. The molecule has 5 heteroatoms. The van der Waals surface area contributed by atoms with Crippen LogP contribution < -0.4 is 14.7 Å². The standard InChI is InChI=1S/C31H35FN4/c1-7-23-10-8-9-11-24(23)20-31(4,25-12-14-26(32)15-13-25)35(6)29-19-18-28-30(33-29)36(27-16-17-27)22(3)21(2)34(28)5/h7-15,18-19,22,27H,1-2,16-17,20H2,3-6H3. The lowest BCUT2D eigenvalue weighted by Gasteiger charge is -2.45. The Morgan fingerprint density at radius 1 is 1.11 bits per heavy atom. The monoisotopic (exact) mass is 482 g/mol. The normalized spacial score (nSPS) is 19.0. The molecule has 0 N–H and O–H groups in total. The fraction of sp³-hybridized carbons (Fsp3) is 0.323. The van der Waals surface area contributed by atoms with Crippen LogP contribution in [0.2, 0.25) is 0 Å². The van der Waals surface area contributed by atoms with Gasteiger partial charge in [0.1, 0.15) is 11.6 Å². The van der Waals surface area contributed by atoms with Gasteiger partial charge < -0.3 is 14.7 Å². The summed E-state index contributed by atoms with van der Waals surface area (Å²) in [6.07, 6.45) is 4.99. The van der Waals surface area contributed by atoms with E-state index in [1.165, 1.54) is 30.5 Å². The summed E-state index contributed by atoms with van der Waals surface area (Å²) in [7, 11) is 4.16. The SMILES string of the molecule is C=Cc1ccccc1CC(C)(c1ccc(F)cc1)N(C)c1ccc2c(n1)N(C1CC1)C(C)C(=C)N2C. The second-order valence-corrected chi connectivity index (χ2v) is 10.3. The molecule has 0 saturated heterocycles. The number of fused-ring (bicyclic) bond motifs is 1. The van der Waals surface area contributed by atoms with E-state index in [0.717, 1.165) is 40.6 Å². The van der Waals surface area contributed by atoms with Gasteiger partial charge in [0.25, 0.3) is 0 Å². The lowest BCUT2D eigenvalue weighted by Crippen LogP contribution is -2.47. The van der Waals surface area contributed by atoms with Crippen LogP contribution in [0.1, 0.15) is 43.4 Å². The van der Waals surface area contributed by atoms with E-state index in [2.05, 4.69) is 86.1 Å². The van der Waals surface area contributed by atoms with Crippen molar-refractivity contribution in [1.82, 2.24) is 4.98 Å². The molecular formula is C31H35FN4. The van der Waals surface area contributed by atoms with Crippen LogP contribution in [0.15, 0.2) is 79.5 Å². The number of aromatic nitrogens is 1. The summed E-state index contributed by atoms with van der Waals surface area (Å²) in [6, 6.07) is 20.1. The maximum absolute atomic E-state index is 13.9. The Balaban J connectivity index is 1.60. The first kappa shape index (κ1) is 24.1. The predicted molar refractivity (Wildman–Crippen MR) is 149 cm³/mol. The third kappa shape index (κ3) is 4.06. The van der Waals surface area contributed by atoms with E-state index in [0.29, 0.717) is 6.04 Å². The Morgan fingerprint density at radius 3 is 2.47 bits per heavy atom. The molecule has 1 fully saturated rings. The Kier molecular flexibility index (Phi) is 6.11. The van der Waals surface area contributed by atoms with Gasteiger partial charge in [-0.1, -0.05) is 55.6 Å². The van der Waals surface area contributed by atoms with Gasteiger partial charge in [-0.2, -0.15) is 0 Å². The summed E-state index contributed by atoms with van der Waals surface area (Å²) in [5.74, 6) is 1.66. The summed E-state index contributed by atoms with van der Waals surface area (Å²) in [5, 5.41) is 0. The molecule has 1 saturated carbocycles. The first-order chi connectivity index (χ1) is 17.2. The number of benzene rings is 2. The van der Waals surface area contributed by atoms with E-state index in [1.807, 2.05) is 24.3 Å². The lowest BCUT2D eigenvalue weighted by atomic mass is 9.82. The van der Waals surface area contributed by atoms with Gasteiger partial charge in [0, 0.05) is 32.3 Å². The number of rotatable bonds is 7. The lowest BCUT2D eigenvalue weighted by molar-refractivity contribution is 0.454. The minimum atomic E-state index is -0.478. The molecule has 186 valence electrons. The summed E-state index contributed by atoms with van der Waals surface area (Å²) in [6.45, 7) is 12.8. The van der Waals surface area contributed by atoms with Crippen molar-refractivity contribution in [3.63, 3.8) is 0 Å². The maximum atomic E-state index is 13.9. The van der Waals surface area contributed by atoms with Crippen LogP contribution in [0.4, 0.5) is 21.7 Å². The Morgan fingerprint density at radius 2 is 1.81 bits per heavy atom. The minimum absolute atomic E-state index is 0.200. The molecule has 2 unspecified atom stereocenters. The van der Waals surface area contributed by atoms with Crippen molar-refractivity contribution in [1.29, 1.82) is 0 Å². The topological polar surface area (TPSA) is 22.6 Å². The van der Waals surface area contributed by atoms with Crippen LogP contribution in [0.25, 0.3) is 6.08 Å². The fourth-order valence-electron chi connectivity index (χ4n) is 5.43. The average Bonchev–Trinajstić information content (AvgIpc) is 3.72. The molecule has 3 aromatic rings. The van der Waals surface area contributed by atoms with Crippen LogP contribution in [0.3, 0.4) is 0 Å². The van der Waals surface area contributed by atoms with E-state index in [1.54, 1.807) is 0 Å². The summed E-state index contributed by atoms with van der Waals surface area (Å²) < 4.78 is 13.9. The molecular weight excluding hydrogens is 447 g/mol. The summed E-state index contributed by atoms with van der Waals surface area (Å²) >= 11 is 0. The number of anilines is 3. The number of halogens is 1. The predicted octanol–water partition coefficient (Wildman–Crippen LogP) is 6.78. The molecule has 2 atom stereocenters. The van der Waals surface area contributed by atoms with Crippen molar-refractivity contribution < 1.29 is 4.39 Å². The van der Waals surface area contributed by atoms with Crippen molar-refractivity contribution in [3.05, 3.63) is 102 Å². The van der Waals surface area contributed by atoms with Crippen LogP contribution in [-0.2, 0) is 12.0 Å². The molecule has 1 aromatic heterocycles. The van der Waals surface area contributed by atoms with Gasteiger partial charge in [0.15, 0.2) is 5.82 Å². The Labute approximate surface area is 214 Å². The van der Waals surface area contributed by atoms with Crippen LogP contribution in [-0.4, -0.2) is 31.2 Å². The highest BCUT2D eigenvalue weighted by atomic mass is 19.1. The Bertz CT molecular complexity index is 1300. The van der Waals surface area contributed by atoms with Gasteiger partial charge in [-0.05, 0) is 67.6 Å². The molecule has 2 aromatic carbocycles. The molecule has 5 rings (SSSR count). The van der Waals surface area contributed by atoms with Crippen molar-refractivity contribution >= 4 is 23.4 Å². The quantitative estimate of drug-likeness (QED) is 0.370. The van der Waals surface area contributed by atoms with Gasteiger partial charge in [0.2, 0.25) is 0 Å². The number of hydrogen-bond acceptors (Lipinski definition) is 4. The van der Waals surface area contributed by atoms with Crippen molar-refractivity contribution in [2.45, 2.75) is 50.7 Å². The molecule has 0 radical (unpaired) electrons. The fourth-order valence-corrected chi connectivity index (χ4v) is 5.43. The number of likely N-dealkylation sites (N-methyl/N-ethyl adjacent to an activating group) is 2. The van der Waals surface area contributed by atoms with Gasteiger partial charge in [-0.3, -0.25) is 0 Å². The molecule has 4 nitrogen and oxygen atoms in total. The zero-order chi connectivity index (χ0) is 25.6. The second-order valence-electron chi connectivity index (χ2n) is 10.3. The zero-order valence-corrected chi connectivity index (χ0v) is 21.7.